The van der Waals surface area contributed by atoms with Crippen LogP contribution in [-0.2, 0) is 19.4 Å². The quantitative estimate of drug-likeness (QED) is 0.852. The Morgan fingerprint density at radius 1 is 1.18 bits per heavy atom. The highest BCUT2D eigenvalue weighted by atomic mass is 15.2. The fourth-order valence-electron chi connectivity index (χ4n) is 3.85. The second-order valence-electron chi connectivity index (χ2n) is 6.47. The van der Waals surface area contributed by atoms with Gasteiger partial charge < -0.3 is 9.80 Å². The van der Waals surface area contributed by atoms with E-state index in [4.69, 9.17) is 0 Å². The van der Waals surface area contributed by atoms with E-state index >= 15 is 0 Å². The lowest BCUT2D eigenvalue weighted by molar-refractivity contribution is 0.309. The Labute approximate surface area is 131 Å². The third-order valence-electron chi connectivity index (χ3n) is 5.07. The molecule has 1 aliphatic heterocycles. The molecule has 0 bridgehead atoms. The van der Waals surface area contributed by atoms with Crippen molar-refractivity contribution in [3.63, 3.8) is 0 Å². The lowest BCUT2D eigenvalue weighted by atomic mass is 10.0. The van der Waals surface area contributed by atoms with Gasteiger partial charge in [0.05, 0.1) is 11.7 Å². The van der Waals surface area contributed by atoms with Crippen molar-refractivity contribution in [2.45, 2.75) is 31.8 Å². The number of aromatic nitrogens is 2. The van der Waals surface area contributed by atoms with Gasteiger partial charge in [-0.25, -0.2) is 9.97 Å². The van der Waals surface area contributed by atoms with Crippen molar-refractivity contribution in [1.82, 2.24) is 14.9 Å². The maximum absolute atomic E-state index is 4.63. The molecule has 1 atom stereocenters. The molecule has 4 heteroatoms. The van der Waals surface area contributed by atoms with E-state index in [9.17, 15) is 0 Å². The minimum atomic E-state index is 0.433. The molecule has 1 aromatic carbocycles. The van der Waals surface area contributed by atoms with E-state index in [0.717, 1.165) is 25.3 Å². The Morgan fingerprint density at radius 3 is 2.95 bits per heavy atom. The molecule has 4 nitrogen and oxygen atoms in total. The van der Waals surface area contributed by atoms with Crippen molar-refractivity contribution in [2.75, 3.05) is 25.5 Å². The van der Waals surface area contributed by atoms with E-state index in [-0.39, 0.29) is 0 Å². The van der Waals surface area contributed by atoms with Crippen molar-refractivity contribution >= 4 is 5.82 Å². The Bertz CT molecular complexity index is 697. The fraction of sp³-hybridized carbons (Fsp3) is 0.444. The number of hydrogen-bond donors (Lipinski definition) is 0. The maximum Gasteiger partial charge on any atom is 0.137 e. The molecule has 0 radical (unpaired) electrons. The van der Waals surface area contributed by atoms with Crippen LogP contribution >= 0.6 is 0 Å². The summed E-state index contributed by atoms with van der Waals surface area (Å²) < 4.78 is 0. The average molecular weight is 294 g/mol. The molecule has 4 rings (SSSR count). The molecule has 0 saturated heterocycles. The molecule has 114 valence electrons. The number of rotatable bonds is 2. The van der Waals surface area contributed by atoms with E-state index in [0.29, 0.717) is 6.04 Å². The summed E-state index contributed by atoms with van der Waals surface area (Å²) in [6.07, 6.45) is 5.09. The van der Waals surface area contributed by atoms with Crippen molar-refractivity contribution in [2.24, 2.45) is 0 Å². The molecular weight excluding hydrogens is 272 g/mol. The van der Waals surface area contributed by atoms with Crippen LogP contribution in [0.25, 0.3) is 0 Å². The van der Waals surface area contributed by atoms with E-state index in [1.165, 1.54) is 35.2 Å². The van der Waals surface area contributed by atoms with Gasteiger partial charge in [0.1, 0.15) is 12.1 Å². The number of anilines is 1. The van der Waals surface area contributed by atoms with Crippen LogP contribution in [0, 0.1) is 0 Å². The molecule has 0 amide bonds. The summed E-state index contributed by atoms with van der Waals surface area (Å²) in [6.45, 7) is 2.03. The minimum absolute atomic E-state index is 0.433. The van der Waals surface area contributed by atoms with Gasteiger partial charge in [-0.15, -0.1) is 0 Å². The van der Waals surface area contributed by atoms with Gasteiger partial charge in [0.2, 0.25) is 0 Å². The number of benzene rings is 1. The predicted molar refractivity (Wildman–Crippen MR) is 88.0 cm³/mol. The molecular formula is C18H22N4. The number of nitrogens with zero attached hydrogens (tertiary/aromatic N) is 4. The molecule has 1 aliphatic carbocycles. The van der Waals surface area contributed by atoms with Gasteiger partial charge in [-0.05, 0) is 31.0 Å². The summed E-state index contributed by atoms with van der Waals surface area (Å²) in [5.74, 6) is 1.11. The summed E-state index contributed by atoms with van der Waals surface area (Å²) in [4.78, 5) is 13.9. The lowest BCUT2D eigenvalue weighted by Gasteiger charge is -2.32. The van der Waals surface area contributed by atoms with Crippen LogP contribution < -0.4 is 4.90 Å². The third-order valence-corrected chi connectivity index (χ3v) is 5.07. The topological polar surface area (TPSA) is 32.3 Å². The normalized spacial score (nSPS) is 20.5. The molecule has 22 heavy (non-hydrogen) atoms. The van der Waals surface area contributed by atoms with Gasteiger partial charge in [-0.3, -0.25) is 0 Å². The molecule has 2 aromatic rings. The van der Waals surface area contributed by atoms with Crippen LogP contribution in [0.2, 0.25) is 0 Å². The monoisotopic (exact) mass is 294 g/mol. The lowest BCUT2D eigenvalue weighted by Crippen LogP contribution is -2.31. The van der Waals surface area contributed by atoms with Crippen molar-refractivity contribution < 1.29 is 0 Å². The van der Waals surface area contributed by atoms with Gasteiger partial charge in [0.15, 0.2) is 0 Å². The van der Waals surface area contributed by atoms with Gasteiger partial charge >= 0.3 is 0 Å². The van der Waals surface area contributed by atoms with Crippen molar-refractivity contribution in [3.8, 4) is 0 Å². The van der Waals surface area contributed by atoms with E-state index in [1.54, 1.807) is 6.33 Å². The van der Waals surface area contributed by atoms with Crippen molar-refractivity contribution in [1.29, 1.82) is 0 Å². The van der Waals surface area contributed by atoms with Crippen LogP contribution in [-0.4, -0.2) is 35.5 Å². The summed E-state index contributed by atoms with van der Waals surface area (Å²) in [5.41, 5.74) is 5.48. The smallest absolute Gasteiger partial charge is 0.137 e. The second-order valence-corrected chi connectivity index (χ2v) is 6.47. The Hall–Kier alpha value is -1.94. The first kappa shape index (κ1) is 13.7. The van der Waals surface area contributed by atoms with E-state index in [2.05, 4.69) is 58.1 Å². The van der Waals surface area contributed by atoms with Crippen LogP contribution in [0.5, 0.6) is 0 Å². The fourth-order valence-corrected chi connectivity index (χ4v) is 3.85. The molecule has 0 N–H and O–H groups in total. The first-order valence-corrected chi connectivity index (χ1v) is 8.06. The molecule has 0 saturated carbocycles. The molecule has 0 spiro atoms. The summed E-state index contributed by atoms with van der Waals surface area (Å²) >= 11 is 0. The number of aryl methyl sites for hydroxylation is 1. The highest BCUT2D eigenvalue weighted by Gasteiger charge is 2.29. The molecule has 0 unspecified atom stereocenters. The van der Waals surface area contributed by atoms with E-state index in [1.807, 2.05) is 0 Å². The number of hydrogen-bond acceptors (Lipinski definition) is 4. The SMILES string of the molecule is CN1CCc2ncnc(N(C)[C@@H]3CCc4ccccc43)c2C1. The first-order chi connectivity index (χ1) is 10.7. The Morgan fingerprint density at radius 2 is 2.05 bits per heavy atom. The third kappa shape index (κ3) is 2.18. The van der Waals surface area contributed by atoms with Crippen molar-refractivity contribution in [3.05, 3.63) is 53.0 Å². The predicted octanol–water partition coefficient (Wildman–Crippen LogP) is 2.59. The molecule has 2 aliphatic rings. The van der Waals surface area contributed by atoms with Crippen LogP contribution in [0.3, 0.4) is 0 Å². The minimum Gasteiger partial charge on any atom is -0.352 e. The van der Waals surface area contributed by atoms with Gasteiger partial charge in [0, 0.05) is 32.1 Å². The zero-order valence-electron chi connectivity index (χ0n) is 13.3. The van der Waals surface area contributed by atoms with Gasteiger partial charge in [0.25, 0.3) is 0 Å². The number of likely N-dealkylation sites (N-methyl/N-ethyl adjacent to an activating group) is 1. The highest BCUT2D eigenvalue weighted by molar-refractivity contribution is 5.52. The standard InChI is InChI=1S/C18H22N4/c1-21-10-9-16-15(11-21)18(20-12-19-16)22(2)17-8-7-13-5-3-4-6-14(13)17/h3-6,12,17H,7-11H2,1-2H3/t17-/m1/s1. The number of fused-ring (bicyclic) bond motifs is 2. The Balaban J connectivity index is 1.71. The second kappa shape index (κ2) is 5.36. The first-order valence-electron chi connectivity index (χ1n) is 8.06. The molecule has 0 fully saturated rings. The molecule has 2 heterocycles. The maximum atomic E-state index is 4.63. The average Bonchev–Trinajstić information content (AvgIpc) is 2.97. The largest absolute Gasteiger partial charge is 0.352 e. The van der Waals surface area contributed by atoms with Crippen LogP contribution in [0.15, 0.2) is 30.6 Å². The summed E-state index contributed by atoms with van der Waals surface area (Å²) in [5, 5.41) is 0. The van der Waals surface area contributed by atoms with Crippen LogP contribution in [0.4, 0.5) is 5.82 Å². The van der Waals surface area contributed by atoms with Gasteiger partial charge in [-0.2, -0.15) is 0 Å². The zero-order valence-corrected chi connectivity index (χ0v) is 13.3. The van der Waals surface area contributed by atoms with Gasteiger partial charge in [-0.1, -0.05) is 24.3 Å². The summed E-state index contributed by atoms with van der Waals surface area (Å²) in [6, 6.07) is 9.24. The molecule has 1 aromatic heterocycles. The highest BCUT2D eigenvalue weighted by Crippen LogP contribution is 2.38. The van der Waals surface area contributed by atoms with Crippen LogP contribution in [0.1, 0.15) is 34.8 Å². The Kier molecular flexibility index (Phi) is 3.34. The summed E-state index contributed by atoms with van der Waals surface area (Å²) in [7, 11) is 4.36. The van der Waals surface area contributed by atoms with E-state index < -0.39 is 0 Å². The zero-order chi connectivity index (χ0) is 15.1.